The fraction of sp³-hybridized carbons (Fsp3) is 0.444. The minimum absolute atomic E-state index is 0.0451. The maximum absolute atomic E-state index is 13.8. The summed E-state index contributed by atoms with van der Waals surface area (Å²) in [6.07, 6.45) is 7.84. The summed E-state index contributed by atoms with van der Waals surface area (Å²) >= 11 is 0. The van der Waals surface area contributed by atoms with Crippen LogP contribution in [0.3, 0.4) is 0 Å². The zero-order valence-electron chi connectivity index (χ0n) is 21.3. The highest BCUT2D eigenvalue weighted by molar-refractivity contribution is 5.72. The summed E-state index contributed by atoms with van der Waals surface area (Å²) in [4.78, 5) is 15.3. The minimum Gasteiger partial charge on any atom is -0.370 e. The number of hydrogen-bond acceptors (Lipinski definition) is 7. The van der Waals surface area contributed by atoms with E-state index >= 15 is 0 Å². The lowest BCUT2D eigenvalue weighted by Crippen LogP contribution is -2.40. The first-order valence-electron chi connectivity index (χ1n) is 13.4. The molecule has 1 spiro atoms. The number of halogens is 2. The van der Waals surface area contributed by atoms with Crippen molar-refractivity contribution in [1.82, 2.24) is 24.6 Å². The lowest BCUT2D eigenvalue weighted by atomic mass is 9.93. The maximum atomic E-state index is 13.8. The molecule has 1 saturated carbocycles. The van der Waals surface area contributed by atoms with Crippen molar-refractivity contribution in [2.45, 2.75) is 44.4 Å². The van der Waals surface area contributed by atoms with Crippen LogP contribution in [0.5, 0.6) is 0 Å². The van der Waals surface area contributed by atoms with Gasteiger partial charge in [0.15, 0.2) is 0 Å². The SMILES string of the molecule is O=[N+]([O-])c1ccc(-n2cc(-c3cc(N4CCC(F)(F)CC4)n4nccc4c3)nn2)c(N2CCC3(CC2)CC3)c1. The number of nitro benzene ring substituents is 1. The van der Waals surface area contributed by atoms with Gasteiger partial charge in [-0.25, -0.2) is 18.0 Å². The summed E-state index contributed by atoms with van der Waals surface area (Å²) in [5.74, 6) is -1.91. The molecule has 0 unspecified atom stereocenters. The summed E-state index contributed by atoms with van der Waals surface area (Å²) in [6, 6.07) is 10.6. The number of benzene rings is 1. The van der Waals surface area contributed by atoms with Crippen LogP contribution in [0.4, 0.5) is 26.0 Å². The summed E-state index contributed by atoms with van der Waals surface area (Å²) in [6.45, 7) is 2.18. The van der Waals surface area contributed by atoms with Crippen molar-refractivity contribution in [2.24, 2.45) is 5.41 Å². The highest BCUT2D eigenvalue weighted by atomic mass is 19.3. The molecule has 5 heterocycles. The number of pyridine rings is 1. The van der Waals surface area contributed by atoms with E-state index in [1.165, 1.54) is 18.9 Å². The molecule has 10 nitrogen and oxygen atoms in total. The van der Waals surface area contributed by atoms with Gasteiger partial charge in [-0.3, -0.25) is 10.1 Å². The maximum Gasteiger partial charge on any atom is 0.271 e. The largest absolute Gasteiger partial charge is 0.370 e. The molecule has 0 bridgehead atoms. The molecule has 0 radical (unpaired) electrons. The van der Waals surface area contributed by atoms with Crippen molar-refractivity contribution in [3.63, 3.8) is 0 Å². The first kappa shape index (κ1) is 24.0. The Kier molecular flexibility index (Phi) is 5.36. The molecule has 2 saturated heterocycles. The standard InChI is InChI=1S/C27H28F2N8O2/c28-27(29)8-13-34(14-9-27)25-16-19(15-20-3-10-30-36(20)25)22-18-35(32-31-22)23-2-1-21(37(38)39)17-24(23)33-11-6-26(4-5-26)7-12-33/h1-3,10,15-18H,4-9,11-14H2. The van der Waals surface area contributed by atoms with Crippen molar-refractivity contribution < 1.29 is 13.7 Å². The fourth-order valence-electron chi connectivity index (χ4n) is 5.94. The highest BCUT2D eigenvalue weighted by Crippen LogP contribution is 2.54. The quantitative estimate of drug-likeness (QED) is 0.259. The molecule has 3 aliphatic rings. The molecule has 0 atom stereocenters. The monoisotopic (exact) mass is 534 g/mol. The Morgan fingerprint density at radius 2 is 1.62 bits per heavy atom. The van der Waals surface area contributed by atoms with Gasteiger partial charge in [0.05, 0.1) is 34.2 Å². The van der Waals surface area contributed by atoms with Crippen LogP contribution in [0, 0.1) is 15.5 Å². The van der Waals surface area contributed by atoms with E-state index in [2.05, 4.69) is 20.3 Å². The molecule has 2 aliphatic heterocycles. The third kappa shape index (κ3) is 4.37. The van der Waals surface area contributed by atoms with Gasteiger partial charge in [0, 0.05) is 56.7 Å². The number of alkyl halides is 2. The van der Waals surface area contributed by atoms with Crippen LogP contribution >= 0.6 is 0 Å². The lowest BCUT2D eigenvalue weighted by molar-refractivity contribution is -0.384. The Bertz CT molecular complexity index is 1560. The smallest absolute Gasteiger partial charge is 0.271 e. The number of hydrogen-bond donors (Lipinski definition) is 0. The van der Waals surface area contributed by atoms with E-state index in [1.54, 1.807) is 27.5 Å². The van der Waals surface area contributed by atoms with Crippen molar-refractivity contribution in [1.29, 1.82) is 0 Å². The molecule has 3 fully saturated rings. The molecule has 39 heavy (non-hydrogen) atoms. The van der Waals surface area contributed by atoms with E-state index < -0.39 is 5.92 Å². The minimum atomic E-state index is -2.64. The lowest BCUT2D eigenvalue weighted by Gasteiger charge is -2.34. The van der Waals surface area contributed by atoms with Gasteiger partial charge in [-0.2, -0.15) is 5.10 Å². The topological polar surface area (TPSA) is 97.6 Å². The molecule has 12 heteroatoms. The molecule has 0 N–H and O–H groups in total. The second kappa shape index (κ2) is 8.72. The Morgan fingerprint density at radius 3 is 2.33 bits per heavy atom. The summed E-state index contributed by atoms with van der Waals surface area (Å²) in [5.41, 5.74) is 4.26. The van der Waals surface area contributed by atoms with Crippen LogP contribution < -0.4 is 9.80 Å². The van der Waals surface area contributed by atoms with Gasteiger partial charge in [0.25, 0.3) is 11.6 Å². The average molecular weight is 535 g/mol. The first-order valence-corrected chi connectivity index (χ1v) is 13.4. The highest BCUT2D eigenvalue weighted by Gasteiger charge is 2.44. The zero-order chi connectivity index (χ0) is 26.8. The van der Waals surface area contributed by atoms with E-state index in [1.807, 2.05) is 29.3 Å². The molecule has 1 aromatic carbocycles. The van der Waals surface area contributed by atoms with Gasteiger partial charge >= 0.3 is 0 Å². The average Bonchev–Trinajstić information content (AvgIpc) is 3.30. The van der Waals surface area contributed by atoms with Crippen molar-refractivity contribution in [2.75, 3.05) is 36.0 Å². The number of nitrogens with zero attached hydrogens (tertiary/aromatic N) is 8. The van der Waals surface area contributed by atoms with Crippen LogP contribution in [-0.2, 0) is 0 Å². The molecule has 3 aromatic heterocycles. The van der Waals surface area contributed by atoms with Crippen LogP contribution in [0.2, 0.25) is 0 Å². The normalized spacial score (nSPS) is 20.1. The molecule has 0 amide bonds. The third-order valence-corrected chi connectivity index (χ3v) is 8.62. The van der Waals surface area contributed by atoms with Gasteiger partial charge in [-0.05, 0) is 55.4 Å². The van der Waals surface area contributed by atoms with Gasteiger partial charge in [0.2, 0.25) is 0 Å². The fourth-order valence-corrected chi connectivity index (χ4v) is 5.94. The second-order valence-corrected chi connectivity index (χ2v) is 11.1. The molecule has 202 valence electrons. The predicted molar refractivity (Wildman–Crippen MR) is 142 cm³/mol. The summed E-state index contributed by atoms with van der Waals surface area (Å²) in [5, 5.41) is 24.8. The number of anilines is 2. The number of nitro groups is 1. The van der Waals surface area contributed by atoms with Gasteiger partial charge < -0.3 is 9.80 Å². The van der Waals surface area contributed by atoms with E-state index in [9.17, 15) is 18.9 Å². The number of rotatable bonds is 5. The Labute approximate surface area is 223 Å². The van der Waals surface area contributed by atoms with Crippen LogP contribution in [0.25, 0.3) is 22.5 Å². The molecular weight excluding hydrogens is 506 g/mol. The van der Waals surface area contributed by atoms with Gasteiger partial charge in [-0.1, -0.05) is 5.21 Å². The second-order valence-electron chi connectivity index (χ2n) is 11.1. The Balaban J connectivity index is 1.24. The van der Waals surface area contributed by atoms with Gasteiger partial charge in [0.1, 0.15) is 11.5 Å². The van der Waals surface area contributed by atoms with Crippen molar-refractivity contribution in [3.8, 4) is 16.9 Å². The summed E-state index contributed by atoms with van der Waals surface area (Å²) in [7, 11) is 0. The number of aromatic nitrogens is 5. The van der Waals surface area contributed by atoms with Crippen LogP contribution in [0.15, 0.2) is 48.8 Å². The van der Waals surface area contributed by atoms with E-state index in [0.717, 1.165) is 54.2 Å². The van der Waals surface area contributed by atoms with Crippen molar-refractivity contribution in [3.05, 3.63) is 58.9 Å². The Hall–Kier alpha value is -4.09. The number of fused-ring (bicyclic) bond motifs is 1. The summed E-state index contributed by atoms with van der Waals surface area (Å²) < 4.78 is 31.1. The Morgan fingerprint density at radius 1 is 0.872 bits per heavy atom. The first-order chi connectivity index (χ1) is 18.8. The van der Waals surface area contributed by atoms with Crippen molar-refractivity contribution >= 4 is 22.7 Å². The predicted octanol–water partition coefficient (Wildman–Crippen LogP) is 5.11. The zero-order valence-corrected chi connectivity index (χ0v) is 21.3. The molecular formula is C27H28F2N8O2. The van der Waals surface area contributed by atoms with Gasteiger partial charge in [-0.15, -0.1) is 5.10 Å². The third-order valence-electron chi connectivity index (χ3n) is 8.62. The number of non-ortho nitro benzene ring substituents is 1. The molecule has 1 aliphatic carbocycles. The van der Waals surface area contributed by atoms with E-state index in [0.29, 0.717) is 11.1 Å². The number of piperidine rings is 2. The molecule has 7 rings (SSSR count). The molecule has 4 aromatic rings. The van der Waals surface area contributed by atoms with E-state index in [-0.39, 0.29) is 36.5 Å². The van der Waals surface area contributed by atoms with Crippen LogP contribution in [0.1, 0.15) is 38.5 Å². The van der Waals surface area contributed by atoms with E-state index in [4.69, 9.17) is 0 Å². The van der Waals surface area contributed by atoms with Crippen LogP contribution in [-0.4, -0.2) is 61.6 Å².